The number of Topliss-reactive ketones (excluding diaryl/α,β-unsaturated/α-hetero) is 1. The van der Waals surface area contributed by atoms with Crippen molar-refractivity contribution in [3.8, 4) is 0 Å². The summed E-state index contributed by atoms with van der Waals surface area (Å²) in [6.45, 7) is 2.78. The molecule has 1 heterocycles. The quantitative estimate of drug-likeness (QED) is 0.738. The Morgan fingerprint density at radius 2 is 1.78 bits per heavy atom. The van der Waals surface area contributed by atoms with Crippen molar-refractivity contribution in [2.45, 2.75) is 45.1 Å². The predicted molar refractivity (Wildman–Crippen MR) is 112 cm³/mol. The normalized spacial score (nSPS) is 16.5. The minimum Gasteiger partial charge on any atom is -0.380 e. The molecule has 4 heteroatoms. The van der Waals surface area contributed by atoms with Gasteiger partial charge in [0.1, 0.15) is 5.78 Å². The van der Waals surface area contributed by atoms with Gasteiger partial charge in [-0.25, -0.2) is 0 Å². The molecule has 1 saturated carbocycles. The molecule has 142 valence electrons. The smallest absolute Gasteiger partial charge is 0.136 e. The molecule has 2 aromatic rings. The van der Waals surface area contributed by atoms with Gasteiger partial charge in [0, 0.05) is 18.9 Å². The lowest BCUT2D eigenvalue weighted by molar-refractivity contribution is -0.120. The molecule has 0 unspecified atom stereocenters. The standard InChI is InChI=1S/C23H27ClN2O/c24-21-9-8-18-11-13-25-14-12-20(18)23(21)26-15-17-3-1-16(2-4-17)5-10-22(27)19-6-7-19/h1-4,8-9,19,25-26H,5-7,10-15H2. The molecule has 0 amide bonds. The van der Waals surface area contributed by atoms with Crippen LogP contribution in [-0.2, 0) is 30.6 Å². The zero-order valence-corrected chi connectivity index (χ0v) is 16.4. The molecule has 2 aliphatic rings. The molecular formula is C23H27ClN2O. The molecule has 0 radical (unpaired) electrons. The number of fused-ring (bicyclic) bond motifs is 1. The third-order valence-corrected chi connectivity index (χ3v) is 5.98. The Morgan fingerprint density at radius 1 is 1.04 bits per heavy atom. The lowest BCUT2D eigenvalue weighted by atomic mass is 10.0. The van der Waals surface area contributed by atoms with E-state index in [9.17, 15) is 4.79 Å². The molecule has 0 atom stereocenters. The highest BCUT2D eigenvalue weighted by molar-refractivity contribution is 6.33. The van der Waals surface area contributed by atoms with Crippen LogP contribution >= 0.6 is 11.6 Å². The fourth-order valence-corrected chi connectivity index (χ4v) is 4.07. The van der Waals surface area contributed by atoms with E-state index in [-0.39, 0.29) is 0 Å². The van der Waals surface area contributed by atoms with Crippen molar-refractivity contribution in [2.75, 3.05) is 18.4 Å². The van der Waals surface area contributed by atoms with E-state index in [2.05, 4.69) is 41.0 Å². The van der Waals surface area contributed by atoms with Crippen LogP contribution < -0.4 is 10.6 Å². The van der Waals surface area contributed by atoms with Gasteiger partial charge in [-0.3, -0.25) is 4.79 Å². The van der Waals surface area contributed by atoms with Gasteiger partial charge >= 0.3 is 0 Å². The van der Waals surface area contributed by atoms with Crippen molar-refractivity contribution in [1.82, 2.24) is 5.32 Å². The van der Waals surface area contributed by atoms with Crippen molar-refractivity contribution in [3.05, 3.63) is 63.7 Å². The maximum Gasteiger partial charge on any atom is 0.136 e. The minimum absolute atomic E-state index is 0.370. The van der Waals surface area contributed by atoms with E-state index in [0.29, 0.717) is 18.1 Å². The summed E-state index contributed by atoms with van der Waals surface area (Å²) >= 11 is 6.49. The summed E-state index contributed by atoms with van der Waals surface area (Å²) in [5.74, 6) is 0.809. The van der Waals surface area contributed by atoms with E-state index >= 15 is 0 Å². The molecule has 2 N–H and O–H groups in total. The molecule has 0 bridgehead atoms. The Morgan fingerprint density at radius 3 is 2.56 bits per heavy atom. The van der Waals surface area contributed by atoms with E-state index in [4.69, 9.17) is 11.6 Å². The Labute approximate surface area is 166 Å². The van der Waals surface area contributed by atoms with E-state index in [1.165, 1.54) is 22.3 Å². The SMILES string of the molecule is O=C(CCc1ccc(CNc2c(Cl)ccc3c2CCNCC3)cc1)C1CC1. The maximum absolute atomic E-state index is 11.9. The Bertz CT molecular complexity index is 812. The summed E-state index contributed by atoms with van der Waals surface area (Å²) in [5, 5.41) is 7.82. The van der Waals surface area contributed by atoms with Crippen LogP contribution in [0.3, 0.4) is 0 Å². The van der Waals surface area contributed by atoms with Crippen LogP contribution in [-0.4, -0.2) is 18.9 Å². The third-order valence-electron chi connectivity index (χ3n) is 5.67. The summed E-state index contributed by atoms with van der Waals surface area (Å²) in [6, 6.07) is 12.8. The number of aryl methyl sites for hydroxylation is 1. The van der Waals surface area contributed by atoms with Gasteiger partial charge in [-0.15, -0.1) is 0 Å². The molecule has 0 saturated heterocycles. The summed E-state index contributed by atoms with van der Waals surface area (Å²) in [4.78, 5) is 11.9. The number of rotatable bonds is 7. The Hall–Kier alpha value is -1.84. The summed E-state index contributed by atoms with van der Waals surface area (Å²) in [7, 11) is 0. The number of hydrogen-bond acceptors (Lipinski definition) is 3. The van der Waals surface area contributed by atoms with Gasteiger partial charge in [0.2, 0.25) is 0 Å². The molecule has 4 rings (SSSR count). The van der Waals surface area contributed by atoms with Gasteiger partial charge in [0.25, 0.3) is 0 Å². The zero-order valence-electron chi connectivity index (χ0n) is 15.7. The second-order valence-corrected chi connectivity index (χ2v) is 8.13. The van der Waals surface area contributed by atoms with Crippen molar-refractivity contribution >= 4 is 23.1 Å². The second-order valence-electron chi connectivity index (χ2n) is 7.72. The number of benzene rings is 2. The van der Waals surface area contributed by atoms with Crippen LogP contribution in [0.5, 0.6) is 0 Å². The van der Waals surface area contributed by atoms with Crippen LogP contribution in [0.15, 0.2) is 36.4 Å². The number of anilines is 1. The summed E-state index contributed by atoms with van der Waals surface area (Å²) in [6.07, 6.45) is 5.80. The monoisotopic (exact) mass is 382 g/mol. The van der Waals surface area contributed by atoms with E-state index in [1.54, 1.807) is 0 Å². The van der Waals surface area contributed by atoms with E-state index in [0.717, 1.165) is 62.4 Å². The van der Waals surface area contributed by atoms with Crippen molar-refractivity contribution in [3.63, 3.8) is 0 Å². The lowest BCUT2D eigenvalue weighted by Gasteiger charge is -2.16. The molecule has 1 aliphatic carbocycles. The molecule has 0 aromatic heterocycles. The third kappa shape index (κ3) is 4.72. The van der Waals surface area contributed by atoms with Gasteiger partial charge in [-0.1, -0.05) is 41.9 Å². The van der Waals surface area contributed by atoms with Crippen LogP contribution in [0.25, 0.3) is 0 Å². The molecular weight excluding hydrogens is 356 g/mol. The average molecular weight is 383 g/mol. The topological polar surface area (TPSA) is 41.1 Å². The lowest BCUT2D eigenvalue weighted by Crippen LogP contribution is -2.16. The first-order valence-electron chi connectivity index (χ1n) is 10.1. The van der Waals surface area contributed by atoms with E-state index in [1.807, 2.05) is 6.07 Å². The number of hydrogen-bond donors (Lipinski definition) is 2. The number of ketones is 1. The summed E-state index contributed by atoms with van der Waals surface area (Å²) in [5.41, 5.74) is 6.29. The highest BCUT2D eigenvalue weighted by Crippen LogP contribution is 2.32. The van der Waals surface area contributed by atoms with Crippen molar-refractivity contribution in [1.29, 1.82) is 0 Å². The average Bonchev–Trinajstić information content (AvgIpc) is 3.53. The van der Waals surface area contributed by atoms with Crippen molar-refractivity contribution < 1.29 is 4.79 Å². The zero-order chi connectivity index (χ0) is 18.6. The number of halogens is 1. The van der Waals surface area contributed by atoms with Crippen LogP contribution in [0.4, 0.5) is 5.69 Å². The molecule has 3 nitrogen and oxygen atoms in total. The molecule has 2 aromatic carbocycles. The Kier molecular flexibility index (Phi) is 5.80. The van der Waals surface area contributed by atoms with Gasteiger partial charge in [-0.2, -0.15) is 0 Å². The van der Waals surface area contributed by atoms with Crippen LogP contribution in [0, 0.1) is 5.92 Å². The fraction of sp³-hybridized carbons (Fsp3) is 0.435. The van der Waals surface area contributed by atoms with Crippen LogP contribution in [0.2, 0.25) is 5.02 Å². The highest BCUT2D eigenvalue weighted by Gasteiger charge is 2.28. The first-order valence-corrected chi connectivity index (χ1v) is 10.4. The number of nitrogens with one attached hydrogen (secondary N) is 2. The molecule has 27 heavy (non-hydrogen) atoms. The summed E-state index contributed by atoms with van der Waals surface area (Å²) < 4.78 is 0. The Balaban J connectivity index is 1.38. The number of carbonyl (C=O) groups excluding carboxylic acids is 1. The largest absolute Gasteiger partial charge is 0.380 e. The van der Waals surface area contributed by atoms with E-state index < -0.39 is 0 Å². The maximum atomic E-state index is 11.9. The first-order chi connectivity index (χ1) is 13.2. The highest BCUT2D eigenvalue weighted by atomic mass is 35.5. The van der Waals surface area contributed by atoms with Gasteiger partial charge in [0.15, 0.2) is 0 Å². The predicted octanol–water partition coefficient (Wildman–Crippen LogP) is 4.55. The fourth-order valence-electron chi connectivity index (χ4n) is 3.83. The second kappa shape index (κ2) is 8.45. The molecule has 0 spiro atoms. The first kappa shape index (κ1) is 18.5. The van der Waals surface area contributed by atoms with Crippen molar-refractivity contribution in [2.24, 2.45) is 5.92 Å². The minimum atomic E-state index is 0.370. The van der Waals surface area contributed by atoms with Crippen LogP contribution in [0.1, 0.15) is 41.5 Å². The van der Waals surface area contributed by atoms with Gasteiger partial charge in [0.05, 0.1) is 10.7 Å². The molecule has 1 fully saturated rings. The number of carbonyl (C=O) groups is 1. The molecule has 1 aliphatic heterocycles. The van der Waals surface area contributed by atoms with Gasteiger partial charge < -0.3 is 10.6 Å². The van der Waals surface area contributed by atoms with Gasteiger partial charge in [-0.05, 0) is 73.5 Å².